The quantitative estimate of drug-likeness (QED) is 0.937. The van der Waals surface area contributed by atoms with Gasteiger partial charge < -0.3 is 9.64 Å². The Morgan fingerprint density at radius 1 is 1.29 bits per heavy atom. The van der Waals surface area contributed by atoms with Crippen LogP contribution in [0.25, 0.3) is 0 Å². The first kappa shape index (κ1) is 16.5. The molecule has 1 aromatic carbocycles. The number of benzene rings is 1. The molecule has 1 aliphatic rings. The normalized spacial score (nSPS) is 18.0. The summed E-state index contributed by atoms with van der Waals surface area (Å²) >= 11 is 0. The number of rotatable bonds is 4. The van der Waals surface area contributed by atoms with E-state index < -0.39 is 5.60 Å². The lowest BCUT2D eigenvalue weighted by atomic mass is 10.1. The van der Waals surface area contributed by atoms with Crippen LogP contribution >= 0.6 is 0 Å². The maximum Gasteiger partial charge on any atom is 0.266 e. The molecule has 1 aromatic heterocycles. The van der Waals surface area contributed by atoms with Crippen molar-refractivity contribution in [3.63, 3.8) is 0 Å². The highest BCUT2D eigenvalue weighted by Crippen LogP contribution is 2.33. The van der Waals surface area contributed by atoms with Crippen LogP contribution in [0.15, 0.2) is 24.3 Å². The van der Waals surface area contributed by atoms with Gasteiger partial charge in [0.25, 0.3) is 5.91 Å². The van der Waals surface area contributed by atoms with E-state index in [2.05, 4.69) is 15.2 Å². The van der Waals surface area contributed by atoms with Crippen molar-refractivity contribution in [2.75, 3.05) is 6.54 Å². The van der Waals surface area contributed by atoms with Crippen LogP contribution in [0.1, 0.15) is 49.9 Å². The fourth-order valence-corrected chi connectivity index (χ4v) is 3.08. The molecular weight excluding hydrogens is 304 g/mol. The second-order valence-electron chi connectivity index (χ2n) is 6.86. The van der Waals surface area contributed by atoms with Gasteiger partial charge in [0.15, 0.2) is 11.4 Å². The highest BCUT2D eigenvalue weighted by Gasteiger charge is 2.41. The summed E-state index contributed by atoms with van der Waals surface area (Å²) in [4.78, 5) is 19.3. The van der Waals surface area contributed by atoms with Crippen LogP contribution in [-0.2, 0) is 4.79 Å². The Hall–Kier alpha value is -2.37. The van der Waals surface area contributed by atoms with E-state index in [1.807, 2.05) is 56.9 Å². The summed E-state index contributed by atoms with van der Waals surface area (Å²) in [6.45, 7) is 8.22. The lowest BCUT2D eigenvalue weighted by Gasteiger charge is -2.32. The summed E-state index contributed by atoms with van der Waals surface area (Å²) in [5.41, 5.74) is 0.217. The number of amides is 1. The van der Waals surface area contributed by atoms with Crippen molar-refractivity contribution >= 4 is 5.91 Å². The summed E-state index contributed by atoms with van der Waals surface area (Å²) < 4.78 is 5.98. The highest BCUT2D eigenvalue weighted by atomic mass is 16.5. The summed E-state index contributed by atoms with van der Waals surface area (Å²) in [5.74, 6) is 2.11. The molecule has 128 valence electrons. The van der Waals surface area contributed by atoms with Gasteiger partial charge in [-0.05, 0) is 52.7 Å². The fourth-order valence-electron chi connectivity index (χ4n) is 3.08. The molecule has 0 bridgehead atoms. The van der Waals surface area contributed by atoms with Crippen molar-refractivity contribution in [3.05, 3.63) is 41.5 Å². The third kappa shape index (κ3) is 3.27. The molecule has 1 N–H and O–H groups in total. The van der Waals surface area contributed by atoms with E-state index in [-0.39, 0.29) is 11.9 Å². The summed E-state index contributed by atoms with van der Waals surface area (Å²) in [6.07, 6.45) is 1.83. The number of ether oxygens (including phenoxy) is 1. The number of nitrogens with zero attached hydrogens (tertiary/aromatic N) is 3. The maximum atomic E-state index is 13.1. The monoisotopic (exact) mass is 328 g/mol. The van der Waals surface area contributed by atoms with Crippen molar-refractivity contribution < 1.29 is 9.53 Å². The number of carbonyl (C=O) groups excluding carboxylic acids is 1. The van der Waals surface area contributed by atoms with E-state index in [1.54, 1.807) is 0 Å². The highest BCUT2D eigenvalue weighted by molar-refractivity contribution is 5.85. The minimum absolute atomic E-state index is 0.0342. The maximum absolute atomic E-state index is 13.1. The van der Waals surface area contributed by atoms with E-state index >= 15 is 0 Å². The van der Waals surface area contributed by atoms with Crippen LogP contribution < -0.4 is 4.74 Å². The number of hydrogen-bond donors (Lipinski definition) is 1. The lowest BCUT2D eigenvalue weighted by Crippen LogP contribution is -2.48. The van der Waals surface area contributed by atoms with Crippen molar-refractivity contribution in [2.24, 2.45) is 0 Å². The molecule has 0 radical (unpaired) electrons. The van der Waals surface area contributed by atoms with Crippen LogP contribution in [0, 0.1) is 13.8 Å². The molecule has 1 saturated heterocycles. The summed E-state index contributed by atoms with van der Waals surface area (Å²) in [5, 5.41) is 7.09. The fraction of sp³-hybridized carbons (Fsp3) is 0.500. The Kier molecular flexibility index (Phi) is 4.30. The molecular formula is C18H24N4O2. The molecule has 2 heterocycles. The minimum atomic E-state index is -0.941. The van der Waals surface area contributed by atoms with E-state index in [0.29, 0.717) is 18.1 Å². The van der Waals surface area contributed by atoms with Gasteiger partial charge in [-0.1, -0.05) is 17.7 Å². The minimum Gasteiger partial charge on any atom is -0.478 e. The third-order valence-electron chi connectivity index (χ3n) is 4.34. The Morgan fingerprint density at radius 2 is 2.00 bits per heavy atom. The van der Waals surface area contributed by atoms with Crippen molar-refractivity contribution in [1.29, 1.82) is 0 Å². The van der Waals surface area contributed by atoms with Crippen molar-refractivity contribution in [2.45, 2.75) is 52.2 Å². The van der Waals surface area contributed by atoms with Crippen LogP contribution in [-0.4, -0.2) is 38.1 Å². The first-order chi connectivity index (χ1) is 11.4. The number of hydrogen-bond acceptors (Lipinski definition) is 4. The van der Waals surface area contributed by atoms with Gasteiger partial charge in [0.05, 0.1) is 6.04 Å². The number of likely N-dealkylation sites (tertiary alicyclic amines) is 1. The van der Waals surface area contributed by atoms with E-state index in [4.69, 9.17) is 4.74 Å². The Bertz CT molecular complexity index is 721. The zero-order chi connectivity index (χ0) is 17.3. The van der Waals surface area contributed by atoms with Crippen LogP contribution in [0.2, 0.25) is 0 Å². The molecule has 3 rings (SSSR count). The number of carbonyl (C=O) groups is 1. The van der Waals surface area contributed by atoms with Gasteiger partial charge in [0, 0.05) is 6.54 Å². The molecule has 1 atom stereocenters. The Balaban J connectivity index is 1.77. The molecule has 6 nitrogen and oxygen atoms in total. The lowest BCUT2D eigenvalue weighted by molar-refractivity contribution is -0.146. The first-order valence-electron chi connectivity index (χ1n) is 8.32. The van der Waals surface area contributed by atoms with Crippen molar-refractivity contribution in [1.82, 2.24) is 20.1 Å². The molecule has 1 fully saturated rings. The summed E-state index contributed by atoms with van der Waals surface area (Å²) in [7, 11) is 0. The van der Waals surface area contributed by atoms with Gasteiger partial charge in [0.1, 0.15) is 11.6 Å². The number of aryl methyl sites for hydroxylation is 2. The number of nitrogens with one attached hydrogen (secondary N) is 1. The largest absolute Gasteiger partial charge is 0.478 e. The number of H-pyrrole nitrogens is 1. The molecule has 1 aliphatic heterocycles. The molecule has 0 saturated carbocycles. The van der Waals surface area contributed by atoms with Crippen molar-refractivity contribution in [3.8, 4) is 5.75 Å². The molecule has 0 aliphatic carbocycles. The second-order valence-corrected chi connectivity index (χ2v) is 6.86. The Labute approximate surface area is 142 Å². The Morgan fingerprint density at radius 3 is 2.62 bits per heavy atom. The topological polar surface area (TPSA) is 71.1 Å². The molecule has 6 heteroatoms. The third-order valence-corrected chi connectivity index (χ3v) is 4.34. The zero-order valence-electron chi connectivity index (χ0n) is 14.7. The number of aromatic amines is 1. The molecule has 0 unspecified atom stereocenters. The second kappa shape index (κ2) is 6.26. The van der Waals surface area contributed by atoms with Crippen LogP contribution in [0.5, 0.6) is 5.75 Å². The van der Waals surface area contributed by atoms with Crippen LogP contribution in [0.3, 0.4) is 0 Å². The standard InChI is InChI=1S/C18H24N4O2/c1-12-7-9-14(10-8-12)24-18(3,4)17(23)22-11-5-6-15(22)16-19-13(2)20-21-16/h7-10,15H,5-6,11H2,1-4H3,(H,19,20,21)/t15-/m0/s1. The van der Waals surface area contributed by atoms with E-state index in [0.717, 1.165) is 24.2 Å². The molecule has 24 heavy (non-hydrogen) atoms. The van der Waals surface area contributed by atoms with Crippen LogP contribution in [0.4, 0.5) is 0 Å². The average Bonchev–Trinajstić information content (AvgIpc) is 3.17. The SMILES string of the molecule is Cc1ccc(OC(C)(C)C(=O)N2CCC[C@H]2c2n[nH]c(C)n2)cc1. The van der Waals surface area contributed by atoms with Gasteiger partial charge in [-0.15, -0.1) is 0 Å². The predicted molar refractivity (Wildman–Crippen MR) is 90.7 cm³/mol. The smallest absolute Gasteiger partial charge is 0.266 e. The van der Waals surface area contributed by atoms with Gasteiger partial charge in [-0.3, -0.25) is 9.89 Å². The zero-order valence-corrected chi connectivity index (χ0v) is 14.7. The van der Waals surface area contributed by atoms with Gasteiger partial charge in [0.2, 0.25) is 0 Å². The van der Waals surface area contributed by atoms with E-state index in [1.165, 1.54) is 0 Å². The van der Waals surface area contributed by atoms with Gasteiger partial charge in [-0.2, -0.15) is 5.10 Å². The van der Waals surface area contributed by atoms with Gasteiger partial charge in [-0.25, -0.2) is 4.98 Å². The average molecular weight is 328 g/mol. The molecule has 0 spiro atoms. The first-order valence-corrected chi connectivity index (χ1v) is 8.32. The summed E-state index contributed by atoms with van der Waals surface area (Å²) in [6, 6.07) is 7.66. The molecule has 1 amide bonds. The van der Waals surface area contributed by atoms with E-state index in [9.17, 15) is 4.79 Å². The number of aromatic nitrogens is 3. The predicted octanol–water partition coefficient (Wildman–Crippen LogP) is 2.94. The molecule has 2 aromatic rings. The van der Waals surface area contributed by atoms with Gasteiger partial charge >= 0.3 is 0 Å².